The first-order chi connectivity index (χ1) is 16.7. The number of methoxy groups -OCH3 is 1. The average molecular weight is 524 g/mol. The first-order valence-electron chi connectivity index (χ1n) is 11.4. The Morgan fingerprint density at radius 2 is 1.66 bits per heavy atom. The lowest BCUT2D eigenvalue weighted by Gasteiger charge is -2.33. The highest BCUT2D eigenvalue weighted by Gasteiger charge is 2.38. The number of hydrogen-bond donors (Lipinski definition) is 1. The molecule has 190 valence electrons. The van der Waals surface area contributed by atoms with Crippen molar-refractivity contribution in [2.24, 2.45) is 0 Å². The highest BCUT2D eigenvalue weighted by Crippen LogP contribution is 2.31. The van der Waals surface area contributed by atoms with E-state index in [1.807, 2.05) is 0 Å². The minimum Gasteiger partial charge on any atom is -0.495 e. The summed E-state index contributed by atoms with van der Waals surface area (Å²) < 4.78 is 65.9. The topological polar surface area (TPSA) is 122 Å². The molecule has 0 unspecified atom stereocenters. The monoisotopic (exact) mass is 523 g/mol. The van der Waals surface area contributed by atoms with Crippen molar-refractivity contribution in [2.45, 2.75) is 35.1 Å². The van der Waals surface area contributed by atoms with Crippen LogP contribution in [0.2, 0.25) is 0 Å². The Morgan fingerprint density at radius 1 is 0.943 bits per heavy atom. The van der Waals surface area contributed by atoms with Crippen LogP contribution in [-0.2, 0) is 29.6 Å². The van der Waals surface area contributed by atoms with E-state index in [0.717, 1.165) is 0 Å². The molecule has 10 nitrogen and oxygen atoms in total. The van der Waals surface area contributed by atoms with E-state index in [-0.39, 0.29) is 40.9 Å². The molecule has 0 spiro atoms. The van der Waals surface area contributed by atoms with E-state index in [2.05, 4.69) is 5.32 Å². The molecule has 2 heterocycles. The number of ether oxygens (including phenoxy) is 2. The number of piperidine rings is 1. The maximum Gasteiger partial charge on any atom is 0.243 e. The molecule has 4 rings (SSSR count). The second kappa shape index (κ2) is 10.6. The quantitative estimate of drug-likeness (QED) is 0.588. The largest absolute Gasteiger partial charge is 0.495 e. The van der Waals surface area contributed by atoms with Gasteiger partial charge in [0.25, 0.3) is 0 Å². The number of carbonyl (C=O) groups excluding carboxylic acids is 1. The van der Waals surface area contributed by atoms with Crippen molar-refractivity contribution in [2.75, 3.05) is 45.3 Å². The third-order valence-electron chi connectivity index (χ3n) is 6.14. The number of hydrogen-bond acceptors (Lipinski definition) is 7. The van der Waals surface area contributed by atoms with Crippen molar-refractivity contribution in [3.05, 3.63) is 48.5 Å². The summed E-state index contributed by atoms with van der Waals surface area (Å²) in [6.07, 6.45) is 1.69. The maximum absolute atomic E-state index is 13.3. The van der Waals surface area contributed by atoms with Gasteiger partial charge in [-0.1, -0.05) is 24.6 Å². The van der Waals surface area contributed by atoms with Crippen LogP contribution in [0.15, 0.2) is 58.3 Å². The Bertz CT molecular complexity index is 1260. The fourth-order valence-corrected chi connectivity index (χ4v) is 7.39. The highest BCUT2D eigenvalue weighted by atomic mass is 32.2. The van der Waals surface area contributed by atoms with Gasteiger partial charge in [0, 0.05) is 19.6 Å². The Morgan fingerprint density at radius 3 is 2.34 bits per heavy atom. The number of sulfonamides is 2. The molecule has 0 bridgehead atoms. The fraction of sp³-hybridized carbons (Fsp3) is 0.435. The van der Waals surface area contributed by atoms with Crippen molar-refractivity contribution in [3.63, 3.8) is 0 Å². The van der Waals surface area contributed by atoms with Gasteiger partial charge >= 0.3 is 0 Å². The Labute approximate surface area is 205 Å². The zero-order chi connectivity index (χ0) is 25.1. The summed E-state index contributed by atoms with van der Waals surface area (Å²) in [5.74, 6) is -0.268. The van der Waals surface area contributed by atoms with E-state index in [0.29, 0.717) is 32.5 Å². The molecular weight excluding hydrogens is 494 g/mol. The molecule has 2 aromatic rings. The highest BCUT2D eigenvalue weighted by molar-refractivity contribution is 7.89. The smallest absolute Gasteiger partial charge is 0.243 e. The van der Waals surface area contributed by atoms with Gasteiger partial charge in [-0.2, -0.15) is 8.61 Å². The molecule has 2 fully saturated rings. The molecule has 0 radical (unpaired) electrons. The van der Waals surface area contributed by atoms with Gasteiger partial charge in [0.2, 0.25) is 26.0 Å². The number of carbonyl (C=O) groups is 1. The normalized spacial score (nSPS) is 20.3. The first-order valence-corrected chi connectivity index (χ1v) is 14.3. The van der Waals surface area contributed by atoms with Crippen molar-refractivity contribution in [1.29, 1.82) is 0 Å². The fourth-order valence-electron chi connectivity index (χ4n) is 4.28. The van der Waals surface area contributed by atoms with Crippen LogP contribution in [0.1, 0.15) is 19.3 Å². The zero-order valence-corrected chi connectivity index (χ0v) is 21.1. The molecule has 2 aliphatic heterocycles. The SMILES string of the molecule is COc1ccc(S(=O)(=O)N2CCOCC2)cc1NC(=O)[C@@H]1CCCCN1S(=O)(=O)c1ccccc1. The van der Waals surface area contributed by atoms with Gasteiger partial charge in [0.15, 0.2) is 0 Å². The van der Waals surface area contributed by atoms with E-state index < -0.39 is 32.0 Å². The molecule has 1 atom stereocenters. The lowest BCUT2D eigenvalue weighted by molar-refractivity contribution is -0.120. The predicted octanol–water partition coefficient (Wildman–Crippen LogP) is 1.90. The lowest BCUT2D eigenvalue weighted by atomic mass is 10.0. The van der Waals surface area contributed by atoms with E-state index in [1.54, 1.807) is 18.2 Å². The molecule has 12 heteroatoms. The van der Waals surface area contributed by atoms with Crippen molar-refractivity contribution in [3.8, 4) is 5.75 Å². The van der Waals surface area contributed by atoms with E-state index in [1.165, 1.54) is 46.1 Å². The Hall–Kier alpha value is -2.51. The minimum atomic E-state index is -3.88. The van der Waals surface area contributed by atoms with Crippen LogP contribution in [0.5, 0.6) is 5.75 Å². The maximum atomic E-state index is 13.3. The summed E-state index contributed by atoms with van der Waals surface area (Å²) in [4.78, 5) is 13.5. The van der Waals surface area contributed by atoms with Crippen molar-refractivity contribution < 1.29 is 31.1 Å². The summed E-state index contributed by atoms with van der Waals surface area (Å²) in [5, 5.41) is 2.72. The number of amides is 1. The molecule has 0 aliphatic carbocycles. The Kier molecular flexibility index (Phi) is 7.77. The van der Waals surface area contributed by atoms with Crippen LogP contribution in [0.3, 0.4) is 0 Å². The molecule has 0 aromatic heterocycles. The number of nitrogens with zero attached hydrogens (tertiary/aromatic N) is 2. The van der Waals surface area contributed by atoms with Gasteiger partial charge in [0.1, 0.15) is 11.8 Å². The summed E-state index contributed by atoms with van der Waals surface area (Å²) >= 11 is 0. The number of morpholine rings is 1. The van der Waals surface area contributed by atoms with Crippen molar-refractivity contribution >= 4 is 31.6 Å². The van der Waals surface area contributed by atoms with Gasteiger partial charge in [-0.3, -0.25) is 4.79 Å². The van der Waals surface area contributed by atoms with E-state index in [4.69, 9.17) is 9.47 Å². The van der Waals surface area contributed by atoms with Crippen LogP contribution in [0.25, 0.3) is 0 Å². The lowest BCUT2D eigenvalue weighted by Crippen LogP contribution is -2.49. The van der Waals surface area contributed by atoms with Gasteiger partial charge in [-0.15, -0.1) is 0 Å². The molecule has 35 heavy (non-hydrogen) atoms. The summed E-state index contributed by atoms with van der Waals surface area (Å²) in [6.45, 7) is 1.32. The second-order valence-corrected chi connectivity index (χ2v) is 12.1. The summed E-state index contributed by atoms with van der Waals surface area (Å²) in [6, 6.07) is 11.3. The molecule has 1 N–H and O–H groups in total. The summed E-state index contributed by atoms with van der Waals surface area (Å²) in [5.41, 5.74) is 0.162. The number of nitrogens with one attached hydrogen (secondary N) is 1. The van der Waals surface area contributed by atoms with Crippen LogP contribution < -0.4 is 10.1 Å². The van der Waals surface area contributed by atoms with Gasteiger partial charge in [-0.05, 0) is 43.2 Å². The van der Waals surface area contributed by atoms with Crippen LogP contribution in [-0.4, -0.2) is 77.4 Å². The van der Waals surface area contributed by atoms with Gasteiger partial charge in [0.05, 0.1) is 35.8 Å². The number of anilines is 1. The van der Waals surface area contributed by atoms with E-state index >= 15 is 0 Å². The third-order valence-corrected chi connectivity index (χ3v) is 9.96. The molecule has 2 aromatic carbocycles. The van der Waals surface area contributed by atoms with Crippen LogP contribution >= 0.6 is 0 Å². The number of rotatable bonds is 7. The van der Waals surface area contributed by atoms with Crippen LogP contribution in [0.4, 0.5) is 5.69 Å². The minimum absolute atomic E-state index is 0.00732. The molecule has 0 saturated carbocycles. The Balaban J connectivity index is 1.61. The predicted molar refractivity (Wildman–Crippen MR) is 129 cm³/mol. The molecule has 1 amide bonds. The van der Waals surface area contributed by atoms with Gasteiger partial charge in [-0.25, -0.2) is 16.8 Å². The molecular formula is C23H29N3O7S2. The molecule has 2 saturated heterocycles. The average Bonchev–Trinajstić information content (AvgIpc) is 2.89. The van der Waals surface area contributed by atoms with Crippen LogP contribution in [0, 0.1) is 0 Å². The molecule has 2 aliphatic rings. The van der Waals surface area contributed by atoms with Crippen molar-refractivity contribution in [1.82, 2.24) is 8.61 Å². The standard InChI is InChI=1S/C23H29N3O7S2/c1-32-22-11-10-19(34(28,29)25-13-15-33-16-14-25)17-20(22)24-23(27)21-9-5-6-12-26(21)35(30,31)18-7-3-2-4-8-18/h2-4,7-8,10-11,17,21H,5-6,9,12-16H2,1H3,(H,24,27)/t21-/m0/s1. The third kappa shape index (κ3) is 5.36. The second-order valence-electron chi connectivity index (χ2n) is 8.31. The zero-order valence-electron chi connectivity index (χ0n) is 19.4. The van der Waals surface area contributed by atoms with Gasteiger partial charge < -0.3 is 14.8 Å². The summed E-state index contributed by atoms with van der Waals surface area (Å²) in [7, 11) is -6.27. The number of benzene rings is 2. The first kappa shape index (κ1) is 25.6. The van der Waals surface area contributed by atoms with E-state index in [9.17, 15) is 21.6 Å².